The highest BCUT2D eigenvalue weighted by molar-refractivity contribution is 5.95. The average Bonchev–Trinajstić information content (AvgIpc) is 3.72. The topological polar surface area (TPSA) is 84.9 Å². The highest BCUT2D eigenvalue weighted by Crippen LogP contribution is 2.37. The van der Waals surface area contributed by atoms with E-state index in [4.69, 9.17) is 0 Å². The van der Waals surface area contributed by atoms with Crippen molar-refractivity contribution in [3.05, 3.63) is 58.5 Å². The van der Waals surface area contributed by atoms with Crippen molar-refractivity contribution in [2.45, 2.75) is 57.0 Å². The van der Waals surface area contributed by atoms with E-state index >= 15 is 0 Å². The lowest BCUT2D eigenvalue weighted by molar-refractivity contribution is -0.143. The third-order valence-corrected chi connectivity index (χ3v) is 8.67. The summed E-state index contributed by atoms with van der Waals surface area (Å²) < 4.78 is 0. The fraction of sp³-hybridized carbons (Fsp3) is 0.484. The Kier molecular flexibility index (Phi) is 6.97. The van der Waals surface area contributed by atoms with E-state index in [1.54, 1.807) is 9.80 Å². The Bertz CT molecular complexity index is 1320. The first kappa shape index (κ1) is 25.1. The Morgan fingerprint density at radius 2 is 1.63 bits per heavy atom. The molecule has 2 saturated carbocycles. The molecule has 2 amide bonds. The van der Waals surface area contributed by atoms with Gasteiger partial charge in [-0.3, -0.25) is 9.59 Å². The summed E-state index contributed by atoms with van der Waals surface area (Å²) in [7, 11) is 0. The predicted octanol–water partition coefficient (Wildman–Crippen LogP) is 2.13. The number of benzene rings is 2. The lowest BCUT2D eigenvalue weighted by Gasteiger charge is -2.35. The number of amides is 2. The Morgan fingerprint density at radius 3 is 2.32 bits per heavy atom. The molecular weight excluding hydrogens is 476 g/mol. The maximum atomic E-state index is 13.1. The van der Waals surface area contributed by atoms with Gasteiger partial charge in [-0.25, -0.2) is 5.43 Å². The van der Waals surface area contributed by atoms with E-state index in [-0.39, 0.29) is 11.8 Å². The zero-order chi connectivity index (χ0) is 26.1. The van der Waals surface area contributed by atoms with Crippen LogP contribution < -0.4 is 21.3 Å². The van der Waals surface area contributed by atoms with Gasteiger partial charge < -0.3 is 20.3 Å². The number of aliphatic hydroxyl groups is 1. The van der Waals surface area contributed by atoms with E-state index in [1.807, 2.05) is 24.3 Å². The molecule has 1 aliphatic heterocycles. The number of nitrogens with one attached hydrogen (secondary N) is 2. The van der Waals surface area contributed by atoms with Crippen LogP contribution in [0.3, 0.4) is 0 Å². The first-order chi connectivity index (χ1) is 18.5. The minimum atomic E-state index is -1.14. The van der Waals surface area contributed by atoms with Gasteiger partial charge in [-0.15, -0.1) is 0 Å². The number of hydrogen-bond donors (Lipinski definition) is 3. The van der Waals surface area contributed by atoms with Gasteiger partial charge in [0.25, 0.3) is 11.8 Å². The van der Waals surface area contributed by atoms with Crippen molar-refractivity contribution in [1.29, 1.82) is 0 Å². The predicted molar refractivity (Wildman–Crippen MR) is 148 cm³/mol. The minimum absolute atomic E-state index is 0.0104. The van der Waals surface area contributed by atoms with Gasteiger partial charge in [0.05, 0.1) is 0 Å². The second-order valence-corrected chi connectivity index (χ2v) is 11.4. The molecule has 0 spiro atoms. The van der Waals surface area contributed by atoms with Crippen LogP contribution in [0.15, 0.2) is 42.5 Å². The Hall–Kier alpha value is -3.16. The smallest absolute Gasteiger partial charge is 0.254 e. The Balaban J connectivity index is 1.12. The number of piperazine rings is 1. The molecule has 0 bridgehead atoms. The molecule has 0 radical (unpaired) electrons. The van der Waals surface area contributed by atoms with Crippen LogP contribution in [-0.4, -0.2) is 65.0 Å². The second-order valence-electron chi connectivity index (χ2n) is 11.4. The van der Waals surface area contributed by atoms with Crippen LogP contribution in [0.4, 0.5) is 0 Å². The summed E-state index contributed by atoms with van der Waals surface area (Å²) in [4.78, 5) is 29.0. The summed E-state index contributed by atoms with van der Waals surface area (Å²) in [6.45, 7) is 2.96. The SMILES string of the molecule is O=C(c1ccc(-c2ccc3c(c2)=CCCCC=3NNCC2CCC2)cc1)N1CCN(C(=O)C2(O)CC2)CC1. The second kappa shape index (κ2) is 10.5. The monoisotopic (exact) mass is 514 g/mol. The quantitative estimate of drug-likeness (QED) is 0.493. The van der Waals surface area contributed by atoms with Gasteiger partial charge in [0, 0.05) is 49.2 Å². The van der Waals surface area contributed by atoms with Gasteiger partial charge in [0.15, 0.2) is 0 Å². The van der Waals surface area contributed by atoms with Crippen LogP contribution in [0.25, 0.3) is 22.9 Å². The molecule has 0 atom stereocenters. The zero-order valence-electron chi connectivity index (χ0n) is 22.0. The molecule has 7 heteroatoms. The minimum Gasteiger partial charge on any atom is -0.380 e. The van der Waals surface area contributed by atoms with Crippen molar-refractivity contribution in [2.75, 3.05) is 32.7 Å². The average molecular weight is 515 g/mol. The molecule has 0 unspecified atom stereocenters. The summed E-state index contributed by atoms with van der Waals surface area (Å²) in [6, 6.07) is 14.5. The van der Waals surface area contributed by atoms with Gasteiger partial charge in [-0.2, -0.15) is 0 Å². The van der Waals surface area contributed by atoms with Gasteiger partial charge in [0.2, 0.25) is 0 Å². The highest BCUT2D eigenvalue weighted by atomic mass is 16.3. The van der Waals surface area contributed by atoms with Crippen molar-refractivity contribution >= 4 is 23.6 Å². The highest BCUT2D eigenvalue weighted by Gasteiger charge is 2.50. The lowest BCUT2D eigenvalue weighted by Crippen LogP contribution is -2.53. The summed E-state index contributed by atoms with van der Waals surface area (Å²) in [5.41, 5.74) is 10.0. The standard InChI is InChI=1S/C31H38N4O3/c36-29(34-16-18-35(19-17-34)30(37)31(38)14-15-31)24-10-8-23(9-11-24)25-12-13-27-26(20-25)6-1-2-7-28(27)33-32-21-22-4-3-5-22/h6,8-13,20,22,32-33,38H,1-5,7,14-19,21H2. The van der Waals surface area contributed by atoms with Crippen LogP contribution in [0, 0.1) is 5.92 Å². The molecule has 3 fully saturated rings. The van der Waals surface area contributed by atoms with Crippen molar-refractivity contribution in [3.63, 3.8) is 0 Å². The maximum Gasteiger partial charge on any atom is 0.254 e. The van der Waals surface area contributed by atoms with Crippen molar-refractivity contribution in [2.24, 2.45) is 5.92 Å². The number of hydrazine groups is 1. The van der Waals surface area contributed by atoms with Crippen molar-refractivity contribution in [1.82, 2.24) is 20.7 Å². The molecule has 4 aliphatic rings. The number of fused-ring (bicyclic) bond motifs is 1. The fourth-order valence-electron chi connectivity index (χ4n) is 5.71. The summed E-state index contributed by atoms with van der Waals surface area (Å²) in [5, 5.41) is 12.6. The largest absolute Gasteiger partial charge is 0.380 e. The first-order valence-electron chi connectivity index (χ1n) is 14.2. The molecule has 2 aromatic rings. The van der Waals surface area contributed by atoms with Gasteiger partial charge >= 0.3 is 0 Å². The molecule has 6 rings (SSSR count). The molecule has 1 saturated heterocycles. The van der Waals surface area contributed by atoms with Gasteiger partial charge in [0.1, 0.15) is 5.60 Å². The van der Waals surface area contributed by atoms with E-state index in [0.29, 0.717) is 44.6 Å². The van der Waals surface area contributed by atoms with Crippen LogP contribution in [0.1, 0.15) is 61.7 Å². The van der Waals surface area contributed by atoms with E-state index in [9.17, 15) is 14.7 Å². The molecule has 3 aliphatic carbocycles. The van der Waals surface area contributed by atoms with Crippen LogP contribution in [0.5, 0.6) is 0 Å². The van der Waals surface area contributed by atoms with Gasteiger partial charge in [-0.1, -0.05) is 36.8 Å². The van der Waals surface area contributed by atoms with Gasteiger partial charge in [-0.05, 0) is 85.4 Å². The number of nitrogens with zero attached hydrogens (tertiary/aromatic N) is 2. The van der Waals surface area contributed by atoms with Crippen molar-refractivity contribution in [3.8, 4) is 11.1 Å². The molecule has 0 aromatic heterocycles. The molecule has 200 valence electrons. The van der Waals surface area contributed by atoms with E-state index < -0.39 is 5.60 Å². The summed E-state index contributed by atoms with van der Waals surface area (Å²) >= 11 is 0. The molecule has 2 aromatic carbocycles. The summed E-state index contributed by atoms with van der Waals surface area (Å²) in [5.74, 6) is 0.619. The van der Waals surface area contributed by atoms with Crippen molar-refractivity contribution < 1.29 is 14.7 Å². The third kappa shape index (κ3) is 5.22. The maximum absolute atomic E-state index is 13.1. The Labute approximate surface area is 224 Å². The van der Waals surface area contributed by atoms with Crippen LogP contribution in [-0.2, 0) is 4.79 Å². The molecule has 38 heavy (non-hydrogen) atoms. The third-order valence-electron chi connectivity index (χ3n) is 8.67. The van der Waals surface area contributed by atoms with E-state index in [2.05, 4.69) is 35.1 Å². The van der Waals surface area contributed by atoms with Crippen LogP contribution >= 0.6 is 0 Å². The lowest BCUT2D eigenvalue weighted by atomic mass is 9.86. The fourth-order valence-corrected chi connectivity index (χ4v) is 5.71. The molecule has 7 nitrogen and oxygen atoms in total. The number of carbonyl (C=O) groups is 2. The number of carbonyl (C=O) groups excluding carboxylic acids is 2. The first-order valence-corrected chi connectivity index (χ1v) is 14.2. The summed E-state index contributed by atoms with van der Waals surface area (Å²) in [6.07, 6.45) is 10.7. The molecule has 1 heterocycles. The number of hydrogen-bond acceptors (Lipinski definition) is 5. The number of rotatable bonds is 7. The van der Waals surface area contributed by atoms with Crippen LogP contribution in [0.2, 0.25) is 0 Å². The molecule has 3 N–H and O–H groups in total. The normalized spacial score (nSPS) is 20.6. The Morgan fingerprint density at radius 1 is 0.921 bits per heavy atom. The van der Waals surface area contributed by atoms with E-state index in [1.165, 1.54) is 35.4 Å². The molecular formula is C31H38N4O3. The zero-order valence-corrected chi connectivity index (χ0v) is 22.0. The van der Waals surface area contributed by atoms with E-state index in [0.717, 1.165) is 42.9 Å².